The molecule has 0 N–H and O–H groups in total. The molecular formula is C16H23NO2. The summed E-state index contributed by atoms with van der Waals surface area (Å²) in [6.07, 6.45) is 4.95. The third-order valence-electron chi connectivity index (χ3n) is 4.71. The molecule has 0 unspecified atom stereocenters. The lowest BCUT2D eigenvalue weighted by Gasteiger charge is -2.52. The number of piperidine rings is 1. The number of rotatable bonds is 2. The zero-order valence-electron chi connectivity index (χ0n) is 12.2. The summed E-state index contributed by atoms with van der Waals surface area (Å²) in [5.74, 6) is 0.706. The van der Waals surface area contributed by atoms with Gasteiger partial charge in [-0.3, -0.25) is 4.79 Å². The number of allylic oxidation sites excluding steroid dienone is 3. The van der Waals surface area contributed by atoms with Crippen molar-refractivity contribution in [3.05, 3.63) is 36.6 Å². The Morgan fingerprint density at radius 3 is 2.26 bits per heavy atom. The standard InChI is InChI=1S/C16H23NO2/c1-6-12-13(7-2)19-16(15(3,4)14(12)18)8-10-17(5)11-9-16/h6-7H,1-2,8-11H2,3-5H3. The van der Waals surface area contributed by atoms with Crippen molar-refractivity contribution in [2.75, 3.05) is 20.1 Å². The SMILES string of the molecule is C=CC1=C(C=C)C(=O)C(C)(C)C2(CCN(C)CC2)O1. The average Bonchev–Trinajstić information content (AvgIpc) is 2.39. The van der Waals surface area contributed by atoms with Gasteiger partial charge in [0.15, 0.2) is 5.78 Å². The third-order valence-corrected chi connectivity index (χ3v) is 4.71. The Morgan fingerprint density at radius 2 is 1.79 bits per heavy atom. The van der Waals surface area contributed by atoms with E-state index in [1.165, 1.54) is 0 Å². The summed E-state index contributed by atoms with van der Waals surface area (Å²) in [4.78, 5) is 15.0. The molecule has 1 fully saturated rings. The largest absolute Gasteiger partial charge is 0.485 e. The van der Waals surface area contributed by atoms with Crippen molar-refractivity contribution >= 4 is 5.78 Å². The van der Waals surface area contributed by atoms with E-state index in [1.807, 2.05) is 13.8 Å². The first kappa shape index (κ1) is 14.1. The highest BCUT2D eigenvalue weighted by molar-refractivity contribution is 6.04. The Balaban J connectivity index is 2.47. The van der Waals surface area contributed by atoms with E-state index in [9.17, 15) is 4.79 Å². The molecule has 0 aromatic heterocycles. The maximum atomic E-state index is 12.7. The van der Waals surface area contributed by atoms with Crippen LogP contribution in [0, 0.1) is 5.41 Å². The van der Waals surface area contributed by atoms with Crippen LogP contribution in [-0.2, 0) is 9.53 Å². The predicted molar refractivity (Wildman–Crippen MR) is 76.8 cm³/mol. The van der Waals surface area contributed by atoms with Gasteiger partial charge in [-0.2, -0.15) is 0 Å². The fourth-order valence-electron chi connectivity index (χ4n) is 3.10. The molecule has 2 heterocycles. The van der Waals surface area contributed by atoms with Gasteiger partial charge < -0.3 is 9.64 Å². The van der Waals surface area contributed by atoms with Crippen LogP contribution in [0.15, 0.2) is 36.6 Å². The lowest BCUT2D eigenvalue weighted by atomic mass is 9.64. The summed E-state index contributed by atoms with van der Waals surface area (Å²) in [5.41, 5.74) is -0.374. The minimum Gasteiger partial charge on any atom is -0.485 e. The van der Waals surface area contributed by atoms with Crippen LogP contribution < -0.4 is 0 Å². The van der Waals surface area contributed by atoms with Crippen LogP contribution in [0.5, 0.6) is 0 Å². The molecule has 2 aliphatic rings. The number of nitrogens with zero attached hydrogens (tertiary/aromatic N) is 1. The van der Waals surface area contributed by atoms with E-state index < -0.39 is 11.0 Å². The van der Waals surface area contributed by atoms with Gasteiger partial charge in [-0.05, 0) is 27.0 Å². The zero-order chi connectivity index (χ0) is 14.3. The van der Waals surface area contributed by atoms with E-state index in [0.29, 0.717) is 11.3 Å². The molecule has 1 saturated heterocycles. The topological polar surface area (TPSA) is 29.5 Å². The van der Waals surface area contributed by atoms with Crippen molar-refractivity contribution in [1.82, 2.24) is 4.90 Å². The van der Waals surface area contributed by atoms with Gasteiger partial charge in [-0.25, -0.2) is 0 Å². The summed E-state index contributed by atoms with van der Waals surface area (Å²) in [6.45, 7) is 13.4. The molecule has 0 radical (unpaired) electrons. The van der Waals surface area contributed by atoms with Gasteiger partial charge in [0.05, 0.1) is 11.0 Å². The van der Waals surface area contributed by atoms with Gasteiger partial charge in [0.1, 0.15) is 11.4 Å². The summed E-state index contributed by atoms with van der Waals surface area (Å²) in [6, 6.07) is 0. The number of carbonyl (C=O) groups is 1. The number of carbonyl (C=O) groups excluding carboxylic acids is 1. The number of likely N-dealkylation sites (tertiary alicyclic amines) is 1. The lowest BCUT2D eigenvalue weighted by molar-refractivity contribution is -0.159. The summed E-state index contributed by atoms with van der Waals surface area (Å²) in [5, 5.41) is 0. The van der Waals surface area contributed by atoms with Crippen LogP contribution in [0.2, 0.25) is 0 Å². The minimum atomic E-state index is -0.524. The molecule has 3 nitrogen and oxygen atoms in total. The fraction of sp³-hybridized carbons (Fsp3) is 0.562. The number of hydrogen-bond acceptors (Lipinski definition) is 3. The average molecular weight is 261 g/mol. The van der Waals surface area contributed by atoms with Crippen molar-refractivity contribution in [2.24, 2.45) is 5.41 Å². The number of hydrogen-bond donors (Lipinski definition) is 0. The van der Waals surface area contributed by atoms with Crippen molar-refractivity contribution in [2.45, 2.75) is 32.3 Å². The highest BCUT2D eigenvalue weighted by atomic mass is 16.5. The Hall–Kier alpha value is -1.35. The quantitative estimate of drug-likeness (QED) is 0.765. The number of ketones is 1. The maximum Gasteiger partial charge on any atom is 0.176 e. The van der Waals surface area contributed by atoms with E-state index >= 15 is 0 Å². The third kappa shape index (κ3) is 1.96. The van der Waals surface area contributed by atoms with Crippen molar-refractivity contribution in [3.8, 4) is 0 Å². The number of ether oxygens (including phenoxy) is 1. The second kappa shape index (κ2) is 4.64. The van der Waals surface area contributed by atoms with Crippen molar-refractivity contribution < 1.29 is 9.53 Å². The first-order chi connectivity index (χ1) is 8.88. The Bertz CT molecular complexity index is 451. The molecule has 0 bridgehead atoms. The highest BCUT2D eigenvalue weighted by Gasteiger charge is 2.56. The molecular weight excluding hydrogens is 238 g/mol. The van der Waals surface area contributed by atoms with Crippen LogP contribution in [0.25, 0.3) is 0 Å². The molecule has 3 heteroatoms. The summed E-state index contributed by atoms with van der Waals surface area (Å²) >= 11 is 0. The van der Waals surface area contributed by atoms with Gasteiger partial charge in [-0.1, -0.05) is 19.2 Å². The van der Waals surface area contributed by atoms with Crippen LogP contribution in [0.3, 0.4) is 0 Å². The summed E-state index contributed by atoms with van der Waals surface area (Å²) < 4.78 is 6.24. The summed E-state index contributed by atoms with van der Waals surface area (Å²) in [7, 11) is 2.10. The molecule has 0 aromatic rings. The molecule has 2 rings (SSSR count). The normalized spacial score (nSPS) is 26.2. The van der Waals surface area contributed by atoms with Gasteiger partial charge in [-0.15, -0.1) is 0 Å². The molecule has 0 atom stereocenters. The molecule has 0 aromatic carbocycles. The molecule has 19 heavy (non-hydrogen) atoms. The van der Waals surface area contributed by atoms with Crippen LogP contribution in [0.4, 0.5) is 0 Å². The second-order valence-corrected chi connectivity index (χ2v) is 6.04. The first-order valence-electron chi connectivity index (χ1n) is 6.79. The van der Waals surface area contributed by atoms with Gasteiger partial charge >= 0.3 is 0 Å². The highest BCUT2D eigenvalue weighted by Crippen LogP contribution is 2.49. The minimum absolute atomic E-state index is 0.119. The predicted octanol–water partition coefficient (Wildman–Crippen LogP) is 2.70. The lowest BCUT2D eigenvalue weighted by Crippen LogP contribution is -2.59. The fourth-order valence-corrected chi connectivity index (χ4v) is 3.10. The van der Waals surface area contributed by atoms with Gasteiger partial charge in [0.2, 0.25) is 0 Å². The smallest absolute Gasteiger partial charge is 0.176 e. The monoisotopic (exact) mass is 261 g/mol. The van der Waals surface area contributed by atoms with Crippen molar-refractivity contribution in [3.63, 3.8) is 0 Å². The Labute approximate surface area is 115 Å². The van der Waals surface area contributed by atoms with Crippen molar-refractivity contribution in [1.29, 1.82) is 0 Å². The van der Waals surface area contributed by atoms with Crippen LogP contribution >= 0.6 is 0 Å². The molecule has 0 amide bonds. The molecule has 0 saturated carbocycles. The zero-order valence-corrected chi connectivity index (χ0v) is 12.2. The van der Waals surface area contributed by atoms with Gasteiger partial charge in [0, 0.05) is 25.9 Å². The van der Waals surface area contributed by atoms with E-state index in [0.717, 1.165) is 25.9 Å². The van der Waals surface area contributed by atoms with Crippen LogP contribution in [-0.4, -0.2) is 36.4 Å². The Morgan fingerprint density at radius 1 is 1.21 bits per heavy atom. The van der Waals surface area contributed by atoms with E-state index in [2.05, 4.69) is 25.1 Å². The number of Topliss-reactive ketones (excluding diaryl/α,β-unsaturated/α-hetero) is 1. The molecule has 1 spiro atoms. The maximum absolute atomic E-state index is 12.7. The first-order valence-corrected chi connectivity index (χ1v) is 6.79. The molecule has 2 aliphatic heterocycles. The van der Waals surface area contributed by atoms with E-state index in [4.69, 9.17) is 4.74 Å². The second-order valence-electron chi connectivity index (χ2n) is 6.04. The Kier molecular flexibility index (Phi) is 3.43. The molecule has 104 valence electrons. The van der Waals surface area contributed by atoms with E-state index in [1.54, 1.807) is 12.2 Å². The van der Waals surface area contributed by atoms with Crippen LogP contribution in [0.1, 0.15) is 26.7 Å². The molecule has 0 aliphatic carbocycles. The van der Waals surface area contributed by atoms with Gasteiger partial charge in [0.25, 0.3) is 0 Å². The van der Waals surface area contributed by atoms with E-state index in [-0.39, 0.29) is 5.78 Å².